The molecule has 1 aliphatic heterocycles. The average molecular weight is 427 g/mol. The summed E-state index contributed by atoms with van der Waals surface area (Å²) in [5.74, 6) is 2.37. The number of benzene rings is 2. The lowest BCUT2D eigenvalue weighted by Crippen LogP contribution is -2.12. The summed E-state index contributed by atoms with van der Waals surface area (Å²) in [7, 11) is 0. The van der Waals surface area contributed by atoms with E-state index in [0.29, 0.717) is 10.1 Å². The molecule has 0 spiro atoms. The Morgan fingerprint density at radius 2 is 1.71 bits per heavy atom. The predicted molar refractivity (Wildman–Crippen MR) is 101 cm³/mol. The summed E-state index contributed by atoms with van der Waals surface area (Å²) in [5.41, 5.74) is 2.86. The summed E-state index contributed by atoms with van der Waals surface area (Å²) in [6.45, 7) is 0. The maximum Gasteiger partial charge on any atom is 0.255 e. The Morgan fingerprint density at radius 1 is 1.05 bits per heavy atom. The highest BCUT2D eigenvalue weighted by atomic mass is 127. The molecule has 2 aromatic carbocycles. The Hall–Kier alpha value is -0.660. The van der Waals surface area contributed by atoms with Crippen LogP contribution in [0.15, 0.2) is 48.5 Å². The molecule has 1 amide bonds. The molecule has 1 fully saturated rings. The molecule has 0 radical (unpaired) electrons. The number of rotatable bonds is 3. The molecule has 0 aliphatic carbocycles. The van der Waals surface area contributed by atoms with Crippen LogP contribution in [0, 0.1) is 3.57 Å². The molecule has 1 aliphatic rings. The Balaban J connectivity index is 1.71. The van der Waals surface area contributed by atoms with E-state index in [1.807, 2.05) is 59.9 Å². The van der Waals surface area contributed by atoms with Crippen molar-refractivity contribution in [3.63, 3.8) is 0 Å². The standard InChI is InChI=1S/C16H14INOS2/c17-13-3-1-2-4-14(13)18-15(19)11-5-7-12(8-6-11)16-20-9-10-21-16/h1-8,16H,9-10H2,(H,18,19). The lowest BCUT2D eigenvalue weighted by Gasteiger charge is -2.10. The molecule has 1 N–H and O–H groups in total. The number of carbonyl (C=O) groups excluding carboxylic acids is 1. The SMILES string of the molecule is O=C(Nc1ccccc1I)c1ccc(C2SCCS2)cc1. The van der Waals surface area contributed by atoms with Gasteiger partial charge in [0.25, 0.3) is 5.91 Å². The van der Waals surface area contributed by atoms with Crippen molar-refractivity contribution in [1.29, 1.82) is 0 Å². The number of hydrogen-bond acceptors (Lipinski definition) is 3. The summed E-state index contributed by atoms with van der Waals surface area (Å²) in [6.07, 6.45) is 0. The van der Waals surface area contributed by atoms with E-state index in [2.05, 4.69) is 40.0 Å². The number of halogens is 1. The second kappa shape index (κ2) is 7.07. The van der Waals surface area contributed by atoms with Gasteiger partial charge in [-0.15, -0.1) is 23.5 Å². The molecule has 2 nitrogen and oxygen atoms in total. The smallest absolute Gasteiger partial charge is 0.255 e. The third kappa shape index (κ3) is 3.76. The second-order valence-corrected chi connectivity index (χ2v) is 8.52. The second-order valence-electron chi connectivity index (χ2n) is 4.63. The topological polar surface area (TPSA) is 29.1 Å². The minimum Gasteiger partial charge on any atom is -0.321 e. The van der Waals surface area contributed by atoms with E-state index in [1.165, 1.54) is 17.1 Å². The van der Waals surface area contributed by atoms with E-state index in [4.69, 9.17) is 0 Å². The number of carbonyl (C=O) groups is 1. The van der Waals surface area contributed by atoms with Crippen LogP contribution in [-0.4, -0.2) is 17.4 Å². The van der Waals surface area contributed by atoms with Crippen molar-refractivity contribution < 1.29 is 4.79 Å². The van der Waals surface area contributed by atoms with Gasteiger partial charge in [0.05, 0.1) is 10.3 Å². The van der Waals surface area contributed by atoms with Crippen molar-refractivity contribution in [2.75, 3.05) is 16.8 Å². The number of thioether (sulfide) groups is 2. The van der Waals surface area contributed by atoms with Gasteiger partial charge in [0.1, 0.15) is 0 Å². The van der Waals surface area contributed by atoms with Crippen molar-refractivity contribution in [3.8, 4) is 0 Å². The van der Waals surface area contributed by atoms with Crippen molar-refractivity contribution in [3.05, 3.63) is 63.2 Å². The van der Waals surface area contributed by atoms with E-state index in [1.54, 1.807) is 0 Å². The van der Waals surface area contributed by atoms with Crippen LogP contribution in [0.25, 0.3) is 0 Å². The van der Waals surface area contributed by atoms with Gasteiger partial charge in [-0.25, -0.2) is 0 Å². The third-order valence-electron chi connectivity index (χ3n) is 3.19. The quantitative estimate of drug-likeness (QED) is 0.698. The largest absolute Gasteiger partial charge is 0.321 e. The molecule has 2 aromatic rings. The van der Waals surface area contributed by atoms with Gasteiger partial charge >= 0.3 is 0 Å². The molecule has 21 heavy (non-hydrogen) atoms. The van der Waals surface area contributed by atoms with Crippen LogP contribution < -0.4 is 5.32 Å². The Kier molecular flexibility index (Phi) is 5.13. The average Bonchev–Trinajstić information content (AvgIpc) is 3.04. The number of hydrogen-bond donors (Lipinski definition) is 1. The molecule has 1 heterocycles. The zero-order valence-corrected chi connectivity index (χ0v) is 15.0. The van der Waals surface area contributed by atoms with Crippen molar-refractivity contribution in [2.45, 2.75) is 4.58 Å². The first-order valence-electron chi connectivity index (χ1n) is 6.63. The van der Waals surface area contributed by atoms with E-state index >= 15 is 0 Å². The van der Waals surface area contributed by atoms with Crippen LogP contribution in [0.1, 0.15) is 20.5 Å². The van der Waals surface area contributed by atoms with Crippen LogP contribution >= 0.6 is 46.1 Å². The maximum absolute atomic E-state index is 12.3. The van der Waals surface area contributed by atoms with Gasteiger partial charge in [-0.2, -0.15) is 0 Å². The predicted octanol–water partition coefficient (Wildman–Crippen LogP) is 5.02. The van der Waals surface area contributed by atoms with Gasteiger partial charge in [-0.05, 0) is 52.4 Å². The van der Waals surface area contributed by atoms with Crippen molar-refractivity contribution >= 4 is 57.7 Å². The summed E-state index contributed by atoms with van der Waals surface area (Å²) < 4.78 is 1.57. The summed E-state index contributed by atoms with van der Waals surface area (Å²) in [5, 5.41) is 2.96. The minimum absolute atomic E-state index is 0.0580. The number of nitrogens with one attached hydrogen (secondary N) is 1. The van der Waals surface area contributed by atoms with Gasteiger partial charge in [-0.1, -0.05) is 24.3 Å². The number of anilines is 1. The van der Waals surface area contributed by atoms with Crippen LogP contribution in [0.4, 0.5) is 5.69 Å². The normalized spacial score (nSPS) is 15.1. The zero-order chi connectivity index (χ0) is 14.7. The van der Waals surface area contributed by atoms with Crippen LogP contribution in [0.5, 0.6) is 0 Å². The van der Waals surface area contributed by atoms with Crippen LogP contribution in [0.2, 0.25) is 0 Å². The first kappa shape index (κ1) is 15.2. The molecule has 0 saturated carbocycles. The Morgan fingerprint density at radius 3 is 2.38 bits per heavy atom. The lowest BCUT2D eigenvalue weighted by molar-refractivity contribution is 0.102. The van der Waals surface area contributed by atoms with E-state index in [9.17, 15) is 4.79 Å². The highest BCUT2D eigenvalue weighted by Crippen LogP contribution is 2.45. The molecular formula is C16H14INOS2. The van der Waals surface area contributed by atoms with Crippen LogP contribution in [0.3, 0.4) is 0 Å². The van der Waals surface area contributed by atoms with E-state index in [0.717, 1.165) is 9.26 Å². The Labute approximate surface area is 146 Å². The highest BCUT2D eigenvalue weighted by molar-refractivity contribution is 14.1. The Bertz CT molecular complexity index is 639. The minimum atomic E-state index is -0.0580. The van der Waals surface area contributed by atoms with Gasteiger partial charge in [0.15, 0.2) is 0 Å². The number of amides is 1. The lowest BCUT2D eigenvalue weighted by atomic mass is 10.1. The third-order valence-corrected chi connectivity index (χ3v) is 7.23. The molecular weight excluding hydrogens is 413 g/mol. The first-order valence-corrected chi connectivity index (χ1v) is 9.81. The maximum atomic E-state index is 12.3. The fraction of sp³-hybridized carbons (Fsp3) is 0.188. The molecule has 0 aromatic heterocycles. The van der Waals surface area contributed by atoms with Crippen molar-refractivity contribution in [1.82, 2.24) is 0 Å². The fourth-order valence-corrected chi connectivity index (χ4v) is 5.48. The first-order chi connectivity index (χ1) is 10.2. The van der Waals surface area contributed by atoms with E-state index in [-0.39, 0.29) is 5.91 Å². The molecule has 108 valence electrons. The monoisotopic (exact) mass is 427 g/mol. The van der Waals surface area contributed by atoms with Gasteiger partial charge in [0.2, 0.25) is 0 Å². The molecule has 3 rings (SSSR count). The van der Waals surface area contributed by atoms with Crippen LogP contribution in [-0.2, 0) is 0 Å². The van der Waals surface area contributed by atoms with Crippen molar-refractivity contribution in [2.24, 2.45) is 0 Å². The molecule has 0 bridgehead atoms. The van der Waals surface area contributed by atoms with E-state index < -0.39 is 0 Å². The zero-order valence-electron chi connectivity index (χ0n) is 11.2. The molecule has 1 saturated heterocycles. The van der Waals surface area contributed by atoms with Gasteiger partial charge in [0, 0.05) is 20.6 Å². The molecule has 5 heteroatoms. The van der Waals surface area contributed by atoms with Gasteiger partial charge in [-0.3, -0.25) is 4.79 Å². The van der Waals surface area contributed by atoms with Gasteiger partial charge < -0.3 is 5.32 Å². The molecule has 0 unspecified atom stereocenters. The summed E-state index contributed by atoms with van der Waals surface area (Å²) >= 11 is 6.18. The summed E-state index contributed by atoms with van der Waals surface area (Å²) in [6, 6.07) is 15.8. The summed E-state index contributed by atoms with van der Waals surface area (Å²) in [4.78, 5) is 12.3. The highest BCUT2D eigenvalue weighted by Gasteiger charge is 2.18. The number of para-hydroxylation sites is 1. The molecule has 0 atom stereocenters. The fourth-order valence-electron chi connectivity index (χ4n) is 2.10.